The predicted molar refractivity (Wildman–Crippen MR) is 83.5 cm³/mol. The summed E-state index contributed by atoms with van der Waals surface area (Å²) in [6, 6.07) is 3.85. The Kier molecular flexibility index (Phi) is 7.06. The van der Waals surface area contributed by atoms with Gasteiger partial charge in [0.1, 0.15) is 5.78 Å². The van der Waals surface area contributed by atoms with Crippen molar-refractivity contribution in [2.75, 3.05) is 21.3 Å². The number of carbonyl (C=O) groups is 1. The van der Waals surface area contributed by atoms with Gasteiger partial charge in [-0.05, 0) is 30.4 Å². The average Bonchev–Trinajstić information content (AvgIpc) is 2.46. The molecule has 0 saturated heterocycles. The van der Waals surface area contributed by atoms with Crippen molar-refractivity contribution >= 4 is 5.78 Å². The van der Waals surface area contributed by atoms with Crippen molar-refractivity contribution in [2.45, 2.75) is 39.5 Å². The molecule has 0 amide bonds. The Labute approximate surface area is 127 Å². The van der Waals surface area contributed by atoms with Gasteiger partial charge in [-0.15, -0.1) is 0 Å². The van der Waals surface area contributed by atoms with Crippen molar-refractivity contribution in [3.8, 4) is 17.2 Å². The molecule has 118 valence electrons. The van der Waals surface area contributed by atoms with E-state index in [0.717, 1.165) is 18.4 Å². The molecule has 1 rings (SSSR count). The number of Topliss-reactive ketones (excluding diaryl/α,β-unsaturated/α-hetero) is 1. The number of hydrogen-bond acceptors (Lipinski definition) is 4. The van der Waals surface area contributed by atoms with E-state index in [0.29, 0.717) is 35.9 Å². The molecule has 1 unspecified atom stereocenters. The fraction of sp³-hybridized carbons (Fsp3) is 0.588. The Bertz CT molecular complexity index is 468. The van der Waals surface area contributed by atoms with Gasteiger partial charge in [-0.1, -0.05) is 19.9 Å². The Balaban J connectivity index is 2.90. The van der Waals surface area contributed by atoms with Crippen LogP contribution in [0, 0.1) is 5.92 Å². The first-order valence-corrected chi connectivity index (χ1v) is 7.36. The largest absolute Gasteiger partial charge is 0.493 e. The van der Waals surface area contributed by atoms with Crippen LogP contribution in [0.2, 0.25) is 0 Å². The highest BCUT2D eigenvalue weighted by molar-refractivity contribution is 5.78. The molecule has 0 N–H and O–H groups in total. The minimum Gasteiger partial charge on any atom is -0.493 e. The van der Waals surface area contributed by atoms with Crippen LogP contribution in [0.1, 0.15) is 38.7 Å². The number of ketones is 1. The van der Waals surface area contributed by atoms with Crippen molar-refractivity contribution in [2.24, 2.45) is 5.92 Å². The second-order valence-electron chi connectivity index (χ2n) is 5.30. The first kappa shape index (κ1) is 17.3. The quantitative estimate of drug-likeness (QED) is 0.697. The summed E-state index contributed by atoms with van der Waals surface area (Å²) >= 11 is 0. The van der Waals surface area contributed by atoms with E-state index in [1.54, 1.807) is 21.3 Å². The van der Waals surface area contributed by atoms with Gasteiger partial charge < -0.3 is 14.2 Å². The highest BCUT2D eigenvalue weighted by Gasteiger charge is 2.18. The van der Waals surface area contributed by atoms with Crippen LogP contribution in [-0.2, 0) is 11.2 Å². The molecule has 0 aliphatic heterocycles. The van der Waals surface area contributed by atoms with Crippen LogP contribution < -0.4 is 14.2 Å². The molecule has 1 aromatic carbocycles. The minimum absolute atomic E-state index is 0.274. The van der Waals surface area contributed by atoms with E-state index >= 15 is 0 Å². The van der Waals surface area contributed by atoms with E-state index in [1.165, 1.54) is 0 Å². The van der Waals surface area contributed by atoms with E-state index in [2.05, 4.69) is 6.92 Å². The van der Waals surface area contributed by atoms with Gasteiger partial charge in [0.05, 0.1) is 21.3 Å². The lowest BCUT2D eigenvalue weighted by Crippen LogP contribution is -2.09. The van der Waals surface area contributed by atoms with Gasteiger partial charge in [-0.25, -0.2) is 0 Å². The van der Waals surface area contributed by atoms with Gasteiger partial charge in [-0.2, -0.15) is 0 Å². The zero-order chi connectivity index (χ0) is 15.8. The van der Waals surface area contributed by atoms with Crippen LogP contribution in [0.4, 0.5) is 0 Å². The zero-order valence-electron chi connectivity index (χ0n) is 13.7. The Morgan fingerprint density at radius 3 is 2.29 bits per heavy atom. The summed E-state index contributed by atoms with van der Waals surface area (Å²) in [5.74, 6) is 2.53. The van der Waals surface area contributed by atoms with E-state index in [1.807, 2.05) is 19.1 Å². The monoisotopic (exact) mass is 294 g/mol. The van der Waals surface area contributed by atoms with Gasteiger partial charge in [-0.3, -0.25) is 4.79 Å². The maximum absolute atomic E-state index is 11.7. The van der Waals surface area contributed by atoms with Gasteiger partial charge in [0.15, 0.2) is 11.5 Å². The fourth-order valence-electron chi connectivity index (χ4n) is 2.54. The second kappa shape index (κ2) is 8.55. The van der Waals surface area contributed by atoms with Gasteiger partial charge >= 0.3 is 0 Å². The van der Waals surface area contributed by atoms with Crippen LogP contribution in [-0.4, -0.2) is 27.1 Å². The smallest absolute Gasteiger partial charge is 0.203 e. The number of hydrogen-bond donors (Lipinski definition) is 0. The van der Waals surface area contributed by atoms with Crippen molar-refractivity contribution in [3.05, 3.63) is 17.7 Å². The first-order chi connectivity index (χ1) is 10.1. The third-order valence-electron chi connectivity index (χ3n) is 3.46. The van der Waals surface area contributed by atoms with Gasteiger partial charge in [0, 0.05) is 12.8 Å². The molecular weight excluding hydrogens is 268 g/mol. The fourth-order valence-corrected chi connectivity index (χ4v) is 2.54. The average molecular weight is 294 g/mol. The predicted octanol–water partition coefficient (Wildman–Crippen LogP) is 3.65. The molecule has 0 saturated carbocycles. The van der Waals surface area contributed by atoms with Gasteiger partial charge in [0.25, 0.3) is 0 Å². The second-order valence-corrected chi connectivity index (χ2v) is 5.30. The van der Waals surface area contributed by atoms with E-state index < -0.39 is 0 Å². The van der Waals surface area contributed by atoms with Crippen LogP contribution in [0.25, 0.3) is 0 Å². The number of benzene rings is 1. The third-order valence-corrected chi connectivity index (χ3v) is 3.46. The van der Waals surface area contributed by atoms with E-state index in [-0.39, 0.29) is 5.92 Å². The normalized spacial score (nSPS) is 11.9. The van der Waals surface area contributed by atoms with Crippen LogP contribution >= 0.6 is 0 Å². The number of carbonyl (C=O) groups excluding carboxylic acids is 1. The lowest BCUT2D eigenvalue weighted by atomic mass is 9.94. The molecule has 4 heteroatoms. The number of methoxy groups -OCH3 is 3. The maximum Gasteiger partial charge on any atom is 0.203 e. The van der Waals surface area contributed by atoms with Gasteiger partial charge in [0.2, 0.25) is 5.75 Å². The summed E-state index contributed by atoms with van der Waals surface area (Å²) in [6.45, 7) is 4.11. The summed E-state index contributed by atoms with van der Waals surface area (Å²) in [7, 11) is 4.81. The Morgan fingerprint density at radius 2 is 1.76 bits per heavy atom. The molecule has 0 bridgehead atoms. The molecule has 0 aromatic heterocycles. The summed E-state index contributed by atoms with van der Waals surface area (Å²) < 4.78 is 16.1. The van der Waals surface area contributed by atoms with Crippen molar-refractivity contribution in [3.63, 3.8) is 0 Å². The molecule has 4 nitrogen and oxygen atoms in total. The zero-order valence-corrected chi connectivity index (χ0v) is 13.7. The third kappa shape index (κ3) is 4.66. The molecule has 1 atom stereocenters. The van der Waals surface area contributed by atoms with Crippen LogP contribution in [0.15, 0.2) is 12.1 Å². The van der Waals surface area contributed by atoms with Crippen molar-refractivity contribution in [1.82, 2.24) is 0 Å². The molecular formula is C17H26O4. The van der Waals surface area contributed by atoms with E-state index in [4.69, 9.17) is 14.2 Å². The lowest BCUT2D eigenvalue weighted by Gasteiger charge is -2.18. The lowest BCUT2D eigenvalue weighted by molar-refractivity contribution is -0.119. The molecule has 1 aromatic rings. The maximum atomic E-state index is 11.7. The molecule has 0 radical (unpaired) electrons. The summed E-state index contributed by atoms with van der Waals surface area (Å²) in [6.07, 6.45) is 2.95. The number of ether oxygens (including phenoxy) is 3. The molecule has 0 aliphatic carbocycles. The molecule has 0 fully saturated rings. The highest BCUT2D eigenvalue weighted by atomic mass is 16.5. The summed E-state index contributed by atoms with van der Waals surface area (Å²) in [4.78, 5) is 11.7. The highest BCUT2D eigenvalue weighted by Crippen LogP contribution is 2.40. The van der Waals surface area contributed by atoms with E-state index in [9.17, 15) is 4.79 Å². The summed E-state index contributed by atoms with van der Waals surface area (Å²) in [5.41, 5.74) is 1.03. The molecule has 0 heterocycles. The Hall–Kier alpha value is -1.71. The Morgan fingerprint density at radius 1 is 1.10 bits per heavy atom. The van der Waals surface area contributed by atoms with Crippen molar-refractivity contribution in [1.29, 1.82) is 0 Å². The molecule has 0 spiro atoms. The molecule has 0 aliphatic rings. The minimum atomic E-state index is 0.274. The SMILES string of the molecule is CCCC(=O)CC(C)Cc1ccc(OC)c(OC)c1OC. The molecule has 21 heavy (non-hydrogen) atoms. The first-order valence-electron chi connectivity index (χ1n) is 7.36. The summed E-state index contributed by atoms with van der Waals surface area (Å²) in [5, 5.41) is 0. The standard InChI is InChI=1S/C17H26O4/c1-6-7-14(18)11-12(2)10-13-8-9-15(19-3)17(21-5)16(13)20-4/h8-9,12H,6-7,10-11H2,1-5H3. The van der Waals surface area contributed by atoms with Crippen LogP contribution in [0.5, 0.6) is 17.2 Å². The van der Waals surface area contributed by atoms with Crippen molar-refractivity contribution < 1.29 is 19.0 Å². The van der Waals surface area contributed by atoms with Crippen LogP contribution in [0.3, 0.4) is 0 Å². The topological polar surface area (TPSA) is 44.8 Å². The number of rotatable bonds is 9.